The number of nitrogens with zero attached hydrogens (tertiary/aromatic N) is 3. The van der Waals surface area contributed by atoms with E-state index in [1.807, 2.05) is 4.90 Å². The molecule has 0 radical (unpaired) electrons. The highest BCUT2D eigenvalue weighted by molar-refractivity contribution is 6.38. The van der Waals surface area contributed by atoms with Gasteiger partial charge in [-0.2, -0.15) is 0 Å². The van der Waals surface area contributed by atoms with E-state index in [4.69, 9.17) is 16.7 Å². The van der Waals surface area contributed by atoms with Gasteiger partial charge in [-0.25, -0.2) is 9.18 Å². The van der Waals surface area contributed by atoms with Crippen molar-refractivity contribution in [1.82, 2.24) is 9.47 Å². The minimum Gasteiger partial charge on any atom is -0.449 e. The third-order valence-corrected chi connectivity index (χ3v) is 6.21. The van der Waals surface area contributed by atoms with Crippen LogP contribution in [0.2, 0.25) is 5.02 Å². The number of aromatic nitrogens is 1. The lowest BCUT2D eigenvalue weighted by atomic mass is 10.1. The average Bonchev–Trinajstić information content (AvgIpc) is 3.50. The van der Waals surface area contributed by atoms with Crippen molar-refractivity contribution in [3.63, 3.8) is 0 Å². The summed E-state index contributed by atoms with van der Waals surface area (Å²) in [6.45, 7) is 4.15. The van der Waals surface area contributed by atoms with Crippen molar-refractivity contribution in [2.24, 2.45) is 0 Å². The van der Waals surface area contributed by atoms with E-state index in [-0.39, 0.29) is 28.2 Å². The molecule has 29 heavy (non-hydrogen) atoms. The number of hydrogen-bond acceptors (Lipinski definition) is 5. The summed E-state index contributed by atoms with van der Waals surface area (Å²) in [5.41, 5.74) is 0.0446. The molecule has 0 bridgehead atoms. The van der Waals surface area contributed by atoms with Crippen LogP contribution in [0.1, 0.15) is 32.2 Å². The molecule has 1 aromatic carbocycles. The van der Waals surface area contributed by atoms with Crippen molar-refractivity contribution in [3.05, 3.63) is 33.3 Å². The van der Waals surface area contributed by atoms with Crippen LogP contribution < -0.4 is 15.1 Å². The van der Waals surface area contributed by atoms with Gasteiger partial charge in [-0.05, 0) is 32.4 Å². The number of piperazine rings is 1. The number of anilines is 1. The van der Waals surface area contributed by atoms with Crippen LogP contribution in [0.4, 0.5) is 14.9 Å². The summed E-state index contributed by atoms with van der Waals surface area (Å²) in [5.74, 6) is -0.931. The van der Waals surface area contributed by atoms with Gasteiger partial charge in [-0.1, -0.05) is 18.5 Å². The van der Waals surface area contributed by atoms with Crippen LogP contribution in [0, 0.1) is 5.82 Å². The Morgan fingerprint density at radius 3 is 2.72 bits per heavy atom. The number of hydrogen-bond donors (Lipinski definition) is 1. The van der Waals surface area contributed by atoms with E-state index < -0.39 is 17.4 Å². The highest BCUT2D eigenvalue weighted by Crippen LogP contribution is 2.43. The van der Waals surface area contributed by atoms with Crippen molar-refractivity contribution >= 4 is 34.3 Å². The first-order valence-corrected chi connectivity index (χ1v) is 10.1. The smallest absolute Gasteiger partial charge is 0.449 e. The SMILES string of the molecule is CCC1CN(c2c(F)cc3c(=O)c(OC(=O)O)cn(C4CC4)c3c2Cl)CCN1C. The van der Waals surface area contributed by atoms with Gasteiger partial charge in [-0.3, -0.25) is 9.69 Å². The van der Waals surface area contributed by atoms with E-state index in [0.29, 0.717) is 24.3 Å². The molecule has 0 amide bonds. The molecule has 1 saturated heterocycles. The number of carboxylic acid groups (broad SMARTS) is 1. The summed E-state index contributed by atoms with van der Waals surface area (Å²) in [6.07, 6.45) is 2.47. The average molecular weight is 424 g/mol. The number of ether oxygens (including phenoxy) is 1. The van der Waals surface area contributed by atoms with Gasteiger partial charge < -0.3 is 19.3 Å². The van der Waals surface area contributed by atoms with Crippen LogP contribution in [-0.2, 0) is 0 Å². The lowest BCUT2D eigenvalue weighted by molar-refractivity contribution is 0.143. The number of pyridine rings is 1. The van der Waals surface area contributed by atoms with Crippen LogP contribution in [-0.4, -0.2) is 53.5 Å². The zero-order valence-corrected chi connectivity index (χ0v) is 17.1. The van der Waals surface area contributed by atoms with E-state index >= 15 is 4.39 Å². The molecule has 9 heteroatoms. The molecule has 1 saturated carbocycles. The van der Waals surface area contributed by atoms with Crippen molar-refractivity contribution in [2.45, 2.75) is 38.3 Å². The van der Waals surface area contributed by atoms with Gasteiger partial charge in [0.1, 0.15) is 5.82 Å². The molecule has 0 spiro atoms. The molecule has 2 aliphatic rings. The molecule has 1 atom stereocenters. The predicted molar refractivity (Wildman–Crippen MR) is 109 cm³/mol. The summed E-state index contributed by atoms with van der Waals surface area (Å²) < 4.78 is 21.6. The summed E-state index contributed by atoms with van der Waals surface area (Å²) in [7, 11) is 2.05. The largest absolute Gasteiger partial charge is 0.511 e. The first kappa shape index (κ1) is 20.0. The molecular formula is C20H23ClFN3O4. The summed E-state index contributed by atoms with van der Waals surface area (Å²) in [5, 5.41) is 9.14. The third kappa shape index (κ3) is 3.55. The Morgan fingerprint density at radius 2 is 2.10 bits per heavy atom. The normalized spacial score (nSPS) is 20.3. The summed E-state index contributed by atoms with van der Waals surface area (Å²) in [6, 6.07) is 1.53. The maximum Gasteiger partial charge on any atom is 0.511 e. The third-order valence-electron chi connectivity index (χ3n) is 5.85. The Balaban J connectivity index is 1.89. The van der Waals surface area contributed by atoms with Crippen molar-refractivity contribution in [2.75, 3.05) is 31.6 Å². The first-order valence-electron chi connectivity index (χ1n) is 9.74. The molecule has 156 valence electrons. The molecule has 1 aliphatic carbocycles. The highest BCUT2D eigenvalue weighted by Gasteiger charge is 2.31. The molecule has 4 rings (SSSR count). The quantitative estimate of drug-likeness (QED) is 0.755. The van der Waals surface area contributed by atoms with Crippen molar-refractivity contribution < 1.29 is 19.0 Å². The molecule has 2 fully saturated rings. The fourth-order valence-electron chi connectivity index (χ4n) is 4.09. The van der Waals surface area contributed by atoms with Gasteiger partial charge in [0.05, 0.1) is 27.8 Å². The van der Waals surface area contributed by atoms with E-state index in [1.165, 1.54) is 6.20 Å². The van der Waals surface area contributed by atoms with Gasteiger partial charge in [0.2, 0.25) is 5.43 Å². The Hall–Kier alpha value is -2.32. The Morgan fingerprint density at radius 1 is 1.38 bits per heavy atom. The van der Waals surface area contributed by atoms with Crippen LogP contribution in [0.3, 0.4) is 0 Å². The Bertz CT molecular complexity index is 1040. The number of likely N-dealkylation sites (N-methyl/N-ethyl adjacent to an activating group) is 1. The molecule has 2 aromatic rings. The summed E-state index contributed by atoms with van der Waals surface area (Å²) >= 11 is 6.70. The lowest BCUT2D eigenvalue weighted by Crippen LogP contribution is -2.51. The topological polar surface area (TPSA) is 75.0 Å². The number of fused-ring (bicyclic) bond motifs is 1. The number of rotatable bonds is 4. The number of benzene rings is 1. The van der Waals surface area contributed by atoms with Crippen molar-refractivity contribution in [3.8, 4) is 5.75 Å². The Labute approximate surface area is 172 Å². The lowest BCUT2D eigenvalue weighted by Gasteiger charge is -2.40. The molecule has 7 nitrogen and oxygen atoms in total. The van der Waals surface area contributed by atoms with Crippen LogP contribution in [0.5, 0.6) is 5.75 Å². The molecule has 1 N–H and O–H groups in total. The molecular weight excluding hydrogens is 401 g/mol. The van der Waals surface area contributed by atoms with Gasteiger partial charge in [0, 0.05) is 31.7 Å². The van der Waals surface area contributed by atoms with Crippen molar-refractivity contribution in [1.29, 1.82) is 0 Å². The van der Waals surface area contributed by atoms with Crippen LogP contribution >= 0.6 is 11.6 Å². The standard InChI is InChI=1S/C20H23ClFN3O4/c1-3-11-9-24(7-6-23(11)2)18-14(22)8-13-17(16(18)21)25(12-4-5-12)10-15(19(13)26)29-20(27)28/h8,10-12H,3-7,9H2,1-2H3,(H,27,28). The zero-order chi connectivity index (χ0) is 20.9. The van der Waals surface area contributed by atoms with Crippen LogP contribution in [0.25, 0.3) is 10.9 Å². The van der Waals surface area contributed by atoms with Gasteiger partial charge >= 0.3 is 6.16 Å². The maximum absolute atomic E-state index is 15.2. The fourth-order valence-corrected chi connectivity index (χ4v) is 4.50. The fraction of sp³-hybridized carbons (Fsp3) is 0.500. The summed E-state index contributed by atoms with van der Waals surface area (Å²) in [4.78, 5) is 27.9. The van der Waals surface area contributed by atoms with Gasteiger partial charge in [-0.15, -0.1) is 0 Å². The first-order chi connectivity index (χ1) is 13.8. The number of halogens is 2. The minimum absolute atomic E-state index is 0.0306. The van der Waals surface area contributed by atoms with Crippen LogP contribution in [0.15, 0.2) is 17.1 Å². The van der Waals surface area contributed by atoms with Gasteiger partial charge in [0.15, 0.2) is 5.75 Å². The van der Waals surface area contributed by atoms with E-state index in [2.05, 4.69) is 23.6 Å². The van der Waals surface area contributed by atoms with E-state index in [9.17, 15) is 9.59 Å². The predicted octanol–water partition coefficient (Wildman–Crippen LogP) is 3.72. The molecule has 1 unspecified atom stereocenters. The Kier molecular flexibility index (Phi) is 5.16. The maximum atomic E-state index is 15.2. The van der Waals surface area contributed by atoms with E-state index in [1.54, 1.807) is 4.57 Å². The second kappa shape index (κ2) is 7.50. The molecule has 1 aliphatic heterocycles. The zero-order valence-electron chi connectivity index (χ0n) is 16.3. The van der Waals surface area contributed by atoms with Gasteiger partial charge in [0.25, 0.3) is 0 Å². The minimum atomic E-state index is -1.59. The number of carbonyl (C=O) groups is 1. The van der Waals surface area contributed by atoms with E-state index in [0.717, 1.165) is 31.9 Å². The highest BCUT2D eigenvalue weighted by atomic mass is 35.5. The molecule has 1 aromatic heterocycles. The molecule has 2 heterocycles. The second-order valence-corrected chi connectivity index (χ2v) is 8.11. The second-order valence-electron chi connectivity index (χ2n) is 7.73. The monoisotopic (exact) mass is 423 g/mol.